The molecule has 1 saturated heterocycles. The van der Waals surface area contributed by atoms with E-state index in [0.717, 1.165) is 5.56 Å². The average Bonchev–Trinajstić information content (AvgIpc) is 2.84. The average molecular weight is 259 g/mol. The Morgan fingerprint density at radius 2 is 2.05 bits per heavy atom. The minimum absolute atomic E-state index is 0.0482. The molecule has 1 aromatic carbocycles. The molecule has 1 aromatic heterocycles. The lowest BCUT2D eigenvalue weighted by Crippen LogP contribution is -2.54. The second-order valence-electron chi connectivity index (χ2n) is 4.46. The number of tetrazole rings is 1. The van der Waals surface area contributed by atoms with E-state index in [9.17, 15) is 4.79 Å². The van der Waals surface area contributed by atoms with Crippen molar-refractivity contribution in [2.45, 2.75) is 12.6 Å². The molecule has 19 heavy (non-hydrogen) atoms. The highest BCUT2D eigenvalue weighted by Gasteiger charge is 2.29. The predicted molar refractivity (Wildman–Crippen MR) is 65.8 cm³/mol. The van der Waals surface area contributed by atoms with Crippen LogP contribution in [0.4, 0.5) is 0 Å². The van der Waals surface area contributed by atoms with Gasteiger partial charge in [0.2, 0.25) is 11.7 Å². The number of carbonyl (C=O) groups is 1. The lowest BCUT2D eigenvalue weighted by Gasteiger charge is -2.35. The molecular formula is C12H13N5O2. The number of nitrogens with zero attached hydrogens (tertiary/aromatic N) is 5. The van der Waals surface area contributed by atoms with Crippen molar-refractivity contribution in [3.05, 3.63) is 30.3 Å². The Hall–Kier alpha value is -2.28. The van der Waals surface area contributed by atoms with Crippen LogP contribution < -0.4 is 0 Å². The summed E-state index contributed by atoms with van der Waals surface area (Å²) >= 11 is 0. The first-order chi connectivity index (χ1) is 9.22. The van der Waals surface area contributed by atoms with Gasteiger partial charge < -0.3 is 10.0 Å². The summed E-state index contributed by atoms with van der Waals surface area (Å²) in [6.45, 7) is 0.824. The van der Waals surface area contributed by atoms with Crippen LogP contribution in [0, 0.1) is 0 Å². The monoisotopic (exact) mass is 259 g/mol. The van der Waals surface area contributed by atoms with Crippen LogP contribution in [0.15, 0.2) is 30.3 Å². The number of amides is 1. The lowest BCUT2D eigenvalue weighted by molar-refractivity contribution is -0.142. The zero-order valence-electron chi connectivity index (χ0n) is 10.2. The van der Waals surface area contributed by atoms with Crippen molar-refractivity contribution >= 4 is 5.91 Å². The van der Waals surface area contributed by atoms with Gasteiger partial charge in [0.05, 0.1) is 6.10 Å². The smallest absolute Gasteiger partial charge is 0.246 e. The van der Waals surface area contributed by atoms with E-state index in [0.29, 0.717) is 18.9 Å². The van der Waals surface area contributed by atoms with Gasteiger partial charge in [0, 0.05) is 18.7 Å². The molecule has 1 fully saturated rings. The molecule has 0 saturated carbocycles. The maximum atomic E-state index is 11.8. The first kappa shape index (κ1) is 11.8. The Bertz CT molecular complexity index is 577. The van der Waals surface area contributed by atoms with Crippen LogP contribution in [0.25, 0.3) is 11.4 Å². The molecule has 0 unspecified atom stereocenters. The SMILES string of the molecule is O=C(Cn1nnc(-c2ccccc2)n1)N1CC(O)C1. The number of hydrogen-bond acceptors (Lipinski definition) is 5. The molecule has 0 spiro atoms. The van der Waals surface area contributed by atoms with Crippen molar-refractivity contribution in [3.63, 3.8) is 0 Å². The molecule has 0 radical (unpaired) electrons. The molecular weight excluding hydrogens is 246 g/mol. The molecule has 2 aromatic rings. The van der Waals surface area contributed by atoms with Crippen molar-refractivity contribution in [1.82, 2.24) is 25.1 Å². The first-order valence-corrected chi connectivity index (χ1v) is 6.01. The molecule has 1 aliphatic heterocycles. The largest absolute Gasteiger partial charge is 0.389 e. The zero-order chi connectivity index (χ0) is 13.2. The number of benzene rings is 1. The summed E-state index contributed by atoms with van der Waals surface area (Å²) in [5, 5.41) is 21.1. The molecule has 2 heterocycles. The molecule has 98 valence electrons. The van der Waals surface area contributed by atoms with Gasteiger partial charge in [0.25, 0.3) is 0 Å². The molecule has 1 N–H and O–H groups in total. The number of aliphatic hydroxyl groups is 1. The number of hydrogen-bond donors (Lipinski definition) is 1. The number of rotatable bonds is 3. The second kappa shape index (κ2) is 4.77. The van der Waals surface area contributed by atoms with Crippen LogP contribution in [-0.2, 0) is 11.3 Å². The summed E-state index contributed by atoms with van der Waals surface area (Å²) in [6.07, 6.45) is -0.396. The maximum Gasteiger partial charge on any atom is 0.246 e. The molecule has 1 amide bonds. The van der Waals surface area contributed by atoms with E-state index >= 15 is 0 Å². The topological polar surface area (TPSA) is 84.1 Å². The van der Waals surface area contributed by atoms with Crippen LogP contribution >= 0.6 is 0 Å². The van der Waals surface area contributed by atoms with E-state index < -0.39 is 6.10 Å². The Labute approximate surface area is 109 Å². The third kappa shape index (κ3) is 2.45. The van der Waals surface area contributed by atoms with Crippen molar-refractivity contribution in [3.8, 4) is 11.4 Å². The van der Waals surface area contributed by atoms with Crippen molar-refractivity contribution < 1.29 is 9.90 Å². The van der Waals surface area contributed by atoms with E-state index in [-0.39, 0.29) is 12.5 Å². The summed E-state index contributed by atoms with van der Waals surface area (Å²) in [5.74, 6) is 0.388. The van der Waals surface area contributed by atoms with Crippen LogP contribution in [0.1, 0.15) is 0 Å². The molecule has 3 rings (SSSR count). The van der Waals surface area contributed by atoms with Crippen molar-refractivity contribution in [2.24, 2.45) is 0 Å². The van der Waals surface area contributed by atoms with E-state index in [2.05, 4.69) is 15.4 Å². The third-order valence-electron chi connectivity index (χ3n) is 2.98. The number of aromatic nitrogens is 4. The zero-order valence-corrected chi connectivity index (χ0v) is 10.2. The highest BCUT2D eigenvalue weighted by molar-refractivity contribution is 5.76. The Morgan fingerprint density at radius 1 is 1.32 bits per heavy atom. The number of aliphatic hydroxyl groups excluding tert-OH is 1. The molecule has 7 nitrogen and oxygen atoms in total. The highest BCUT2D eigenvalue weighted by atomic mass is 16.3. The number of likely N-dealkylation sites (tertiary alicyclic amines) is 1. The minimum atomic E-state index is -0.396. The molecule has 0 aliphatic carbocycles. The van der Waals surface area contributed by atoms with Crippen LogP contribution in [0.5, 0.6) is 0 Å². The van der Waals surface area contributed by atoms with E-state index in [1.165, 1.54) is 4.80 Å². The van der Waals surface area contributed by atoms with Gasteiger partial charge in [-0.25, -0.2) is 0 Å². The van der Waals surface area contributed by atoms with Crippen LogP contribution in [-0.4, -0.2) is 55.3 Å². The summed E-state index contributed by atoms with van der Waals surface area (Å²) in [6, 6.07) is 9.46. The van der Waals surface area contributed by atoms with Gasteiger partial charge >= 0.3 is 0 Å². The van der Waals surface area contributed by atoms with Crippen LogP contribution in [0.2, 0.25) is 0 Å². The van der Waals surface area contributed by atoms with Gasteiger partial charge in [-0.3, -0.25) is 4.79 Å². The fraction of sp³-hybridized carbons (Fsp3) is 0.333. The number of β-amino-alcohol motifs (C(OH)–C–C–N with tert-alkyl or cyclic N) is 1. The van der Waals surface area contributed by atoms with Gasteiger partial charge in [-0.2, -0.15) is 4.80 Å². The summed E-state index contributed by atoms with van der Waals surface area (Å²) in [4.78, 5) is 14.6. The summed E-state index contributed by atoms with van der Waals surface area (Å²) in [5.41, 5.74) is 0.862. The van der Waals surface area contributed by atoms with Gasteiger partial charge in [-0.15, -0.1) is 10.2 Å². The highest BCUT2D eigenvalue weighted by Crippen LogP contribution is 2.12. The Kier molecular flexibility index (Phi) is 2.96. The summed E-state index contributed by atoms with van der Waals surface area (Å²) < 4.78 is 0. The van der Waals surface area contributed by atoms with E-state index in [4.69, 9.17) is 5.11 Å². The van der Waals surface area contributed by atoms with E-state index in [1.54, 1.807) is 4.90 Å². The van der Waals surface area contributed by atoms with Gasteiger partial charge in [-0.1, -0.05) is 30.3 Å². The lowest BCUT2D eigenvalue weighted by atomic mass is 10.2. The predicted octanol–water partition coefficient (Wildman–Crippen LogP) is -0.457. The fourth-order valence-electron chi connectivity index (χ4n) is 1.89. The Morgan fingerprint density at radius 3 is 2.74 bits per heavy atom. The van der Waals surface area contributed by atoms with Crippen molar-refractivity contribution in [1.29, 1.82) is 0 Å². The third-order valence-corrected chi connectivity index (χ3v) is 2.98. The standard InChI is InChI=1S/C12H13N5O2/c18-10-6-16(7-10)11(19)8-17-14-12(13-15-17)9-4-2-1-3-5-9/h1-5,10,18H,6-8H2. The fourth-order valence-corrected chi connectivity index (χ4v) is 1.89. The molecule has 1 aliphatic rings. The molecule has 0 bridgehead atoms. The minimum Gasteiger partial charge on any atom is -0.389 e. The second-order valence-corrected chi connectivity index (χ2v) is 4.46. The molecule has 0 atom stereocenters. The Balaban J connectivity index is 1.67. The van der Waals surface area contributed by atoms with Gasteiger partial charge in [0.1, 0.15) is 6.54 Å². The van der Waals surface area contributed by atoms with Gasteiger partial charge in [0.15, 0.2) is 0 Å². The van der Waals surface area contributed by atoms with Crippen molar-refractivity contribution in [2.75, 3.05) is 13.1 Å². The quantitative estimate of drug-likeness (QED) is 0.806. The summed E-state index contributed by atoms with van der Waals surface area (Å²) in [7, 11) is 0. The first-order valence-electron chi connectivity index (χ1n) is 6.01. The normalized spacial score (nSPS) is 15.3. The maximum absolute atomic E-state index is 11.8. The van der Waals surface area contributed by atoms with E-state index in [1.807, 2.05) is 30.3 Å². The molecule has 7 heteroatoms. The number of carbonyl (C=O) groups excluding carboxylic acids is 1. The van der Waals surface area contributed by atoms with Gasteiger partial charge in [-0.05, 0) is 5.21 Å². The van der Waals surface area contributed by atoms with Crippen LogP contribution in [0.3, 0.4) is 0 Å².